The van der Waals surface area contributed by atoms with Crippen molar-refractivity contribution in [3.63, 3.8) is 0 Å². The van der Waals surface area contributed by atoms with Gasteiger partial charge < -0.3 is 14.6 Å². The number of halogens is 1. The summed E-state index contributed by atoms with van der Waals surface area (Å²) in [4.78, 5) is -0.0683. The summed E-state index contributed by atoms with van der Waals surface area (Å²) in [5.74, 6) is 0.560. The number of nitrogens with one attached hydrogen (secondary N) is 1. The van der Waals surface area contributed by atoms with Gasteiger partial charge in [0.1, 0.15) is 22.0 Å². The molecule has 2 N–H and O–H groups in total. The summed E-state index contributed by atoms with van der Waals surface area (Å²) in [5, 5.41) is 11.1. The van der Waals surface area contributed by atoms with Crippen LogP contribution in [-0.4, -0.2) is 34.3 Å². The first-order valence-corrected chi connectivity index (χ1v) is 9.26. The Morgan fingerprint density at radius 2 is 1.76 bits per heavy atom. The van der Waals surface area contributed by atoms with Crippen molar-refractivity contribution in [3.05, 3.63) is 53.1 Å². The minimum absolute atomic E-state index is 0.0683. The van der Waals surface area contributed by atoms with Crippen LogP contribution in [0.1, 0.15) is 12.5 Å². The highest BCUT2D eigenvalue weighted by Gasteiger charge is 2.28. The lowest BCUT2D eigenvalue weighted by Gasteiger charge is -2.24. The van der Waals surface area contributed by atoms with E-state index in [1.165, 1.54) is 33.3 Å². The molecule has 1 atom stereocenters. The fraction of sp³-hybridized carbons (Fsp3) is 0.294. The number of ether oxygens (including phenoxy) is 2. The van der Waals surface area contributed by atoms with Gasteiger partial charge >= 0.3 is 0 Å². The second kappa shape index (κ2) is 7.61. The number of aliphatic hydroxyl groups is 1. The first-order valence-electron chi connectivity index (χ1n) is 7.40. The van der Waals surface area contributed by atoms with Gasteiger partial charge in [-0.1, -0.05) is 23.7 Å². The summed E-state index contributed by atoms with van der Waals surface area (Å²) < 4.78 is 37.8. The maximum absolute atomic E-state index is 12.6. The van der Waals surface area contributed by atoms with Crippen LogP contribution in [0.15, 0.2) is 47.4 Å². The topological polar surface area (TPSA) is 84.9 Å². The predicted octanol–water partition coefficient (Wildman–Crippen LogP) is 2.54. The van der Waals surface area contributed by atoms with Crippen molar-refractivity contribution in [1.29, 1.82) is 0 Å². The average Bonchev–Trinajstić information content (AvgIpc) is 2.60. The van der Waals surface area contributed by atoms with Crippen molar-refractivity contribution in [1.82, 2.24) is 4.72 Å². The molecule has 0 aromatic heterocycles. The van der Waals surface area contributed by atoms with Gasteiger partial charge in [-0.25, -0.2) is 13.1 Å². The second-order valence-electron chi connectivity index (χ2n) is 5.62. The van der Waals surface area contributed by atoms with Gasteiger partial charge in [0.2, 0.25) is 10.0 Å². The quantitative estimate of drug-likeness (QED) is 0.765. The van der Waals surface area contributed by atoms with E-state index in [0.717, 1.165) is 0 Å². The Labute approximate surface area is 152 Å². The maximum Gasteiger partial charge on any atom is 0.244 e. The van der Waals surface area contributed by atoms with Gasteiger partial charge in [-0.15, -0.1) is 0 Å². The highest BCUT2D eigenvalue weighted by atomic mass is 35.5. The van der Waals surface area contributed by atoms with Crippen LogP contribution in [0.4, 0.5) is 0 Å². The van der Waals surface area contributed by atoms with Gasteiger partial charge in [-0.3, -0.25) is 0 Å². The first kappa shape index (κ1) is 19.5. The fourth-order valence-electron chi connectivity index (χ4n) is 2.22. The molecule has 0 bridgehead atoms. The van der Waals surface area contributed by atoms with Crippen molar-refractivity contribution in [2.24, 2.45) is 0 Å². The molecule has 0 aliphatic rings. The maximum atomic E-state index is 12.6. The van der Waals surface area contributed by atoms with E-state index in [1.54, 1.807) is 30.3 Å². The number of hydrogen-bond donors (Lipinski definition) is 2. The van der Waals surface area contributed by atoms with E-state index in [2.05, 4.69) is 4.72 Å². The third-order valence-corrected chi connectivity index (χ3v) is 5.41. The molecule has 0 saturated heterocycles. The molecule has 0 spiro atoms. The molecule has 0 saturated carbocycles. The first-order chi connectivity index (χ1) is 11.7. The fourth-order valence-corrected chi connectivity index (χ4v) is 3.66. The monoisotopic (exact) mass is 385 g/mol. The molecule has 0 fully saturated rings. The van der Waals surface area contributed by atoms with Gasteiger partial charge in [0.15, 0.2) is 0 Å². The zero-order chi connectivity index (χ0) is 18.7. The van der Waals surface area contributed by atoms with E-state index < -0.39 is 15.6 Å². The van der Waals surface area contributed by atoms with Gasteiger partial charge in [-0.05, 0) is 36.8 Å². The lowest BCUT2D eigenvalue weighted by molar-refractivity contribution is 0.0627. The molecular weight excluding hydrogens is 366 g/mol. The van der Waals surface area contributed by atoms with Crippen molar-refractivity contribution < 1.29 is 23.0 Å². The van der Waals surface area contributed by atoms with Crippen LogP contribution in [0.2, 0.25) is 5.02 Å². The zero-order valence-electron chi connectivity index (χ0n) is 14.1. The number of methoxy groups -OCH3 is 2. The Bertz CT molecular complexity index is 835. The van der Waals surface area contributed by atoms with Crippen molar-refractivity contribution >= 4 is 21.6 Å². The van der Waals surface area contributed by atoms with Crippen LogP contribution in [0, 0.1) is 0 Å². The SMILES string of the molecule is COc1ccc(OC)c(S(=O)(=O)NCC(C)(O)c2ccc(Cl)cc2)c1. The van der Waals surface area contributed by atoms with Crippen LogP contribution in [0.25, 0.3) is 0 Å². The summed E-state index contributed by atoms with van der Waals surface area (Å²) in [5.41, 5.74) is -0.874. The molecule has 2 aromatic rings. The van der Waals surface area contributed by atoms with Crippen LogP contribution >= 0.6 is 11.6 Å². The minimum atomic E-state index is -3.93. The summed E-state index contributed by atoms with van der Waals surface area (Å²) in [6.07, 6.45) is 0. The number of rotatable bonds is 7. The van der Waals surface area contributed by atoms with E-state index in [9.17, 15) is 13.5 Å². The van der Waals surface area contributed by atoms with Gasteiger partial charge in [-0.2, -0.15) is 0 Å². The standard InChI is InChI=1S/C17H20ClNO5S/c1-17(20,12-4-6-13(18)7-5-12)11-19-25(21,22)16-10-14(23-2)8-9-15(16)24-3/h4-10,19-20H,11H2,1-3H3. The van der Waals surface area contributed by atoms with Crippen LogP contribution in [-0.2, 0) is 15.6 Å². The summed E-state index contributed by atoms with van der Waals surface area (Å²) in [7, 11) is -1.10. The molecule has 8 heteroatoms. The smallest absolute Gasteiger partial charge is 0.244 e. The number of benzene rings is 2. The molecule has 0 heterocycles. The molecule has 136 valence electrons. The van der Waals surface area contributed by atoms with Crippen molar-refractivity contribution in [3.8, 4) is 11.5 Å². The Kier molecular flexibility index (Phi) is 5.95. The van der Waals surface area contributed by atoms with Gasteiger partial charge in [0, 0.05) is 17.6 Å². The average molecular weight is 386 g/mol. The molecule has 25 heavy (non-hydrogen) atoms. The lowest BCUT2D eigenvalue weighted by atomic mass is 9.97. The van der Waals surface area contributed by atoms with Crippen LogP contribution in [0.5, 0.6) is 11.5 Å². The zero-order valence-corrected chi connectivity index (χ0v) is 15.7. The van der Waals surface area contributed by atoms with E-state index in [1.807, 2.05) is 0 Å². The van der Waals surface area contributed by atoms with Crippen molar-refractivity contribution in [2.45, 2.75) is 17.4 Å². The molecule has 0 aliphatic carbocycles. The normalized spacial score (nSPS) is 14.0. The Morgan fingerprint density at radius 1 is 1.12 bits per heavy atom. The Hall–Kier alpha value is -1.80. The molecule has 6 nitrogen and oxygen atoms in total. The van der Waals surface area contributed by atoms with Crippen LogP contribution in [0.3, 0.4) is 0 Å². The second-order valence-corrected chi connectivity index (χ2v) is 7.79. The van der Waals surface area contributed by atoms with E-state index in [4.69, 9.17) is 21.1 Å². The highest BCUT2D eigenvalue weighted by molar-refractivity contribution is 7.89. The highest BCUT2D eigenvalue weighted by Crippen LogP contribution is 2.29. The van der Waals surface area contributed by atoms with Crippen LogP contribution < -0.4 is 14.2 Å². The summed E-state index contributed by atoms with van der Waals surface area (Å²) in [6.45, 7) is 1.29. The summed E-state index contributed by atoms with van der Waals surface area (Å²) >= 11 is 5.83. The third kappa shape index (κ3) is 4.64. The third-order valence-electron chi connectivity index (χ3n) is 3.73. The number of sulfonamides is 1. The molecule has 0 aliphatic heterocycles. The molecule has 2 rings (SSSR count). The predicted molar refractivity (Wildman–Crippen MR) is 95.8 cm³/mol. The Balaban J connectivity index is 2.25. The summed E-state index contributed by atoms with van der Waals surface area (Å²) in [6, 6.07) is 11.0. The Morgan fingerprint density at radius 3 is 2.32 bits per heavy atom. The number of hydrogen-bond acceptors (Lipinski definition) is 5. The molecule has 0 amide bonds. The largest absolute Gasteiger partial charge is 0.497 e. The van der Waals surface area contributed by atoms with E-state index in [-0.39, 0.29) is 17.2 Å². The van der Waals surface area contributed by atoms with E-state index in [0.29, 0.717) is 16.3 Å². The molecular formula is C17H20ClNO5S. The van der Waals surface area contributed by atoms with Gasteiger partial charge in [0.05, 0.1) is 14.2 Å². The molecule has 2 aromatic carbocycles. The van der Waals surface area contributed by atoms with Gasteiger partial charge in [0.25, 0.3) is 0 Å². The molecule has 1 unspecified atom stereocenters. The van der Waals surface area contributed by atoms with Crippen molar-refractivity contribution in [2.75, 3.05) is 20.8 Å². The lowest BCUT2D eigenvalue weighted by Crippen LogP contribution is -2.38. The van der Waals surface area contributed by atoms with E-state index >= 15 is 0 Å². The molecule has 0 radical (unpaired) electrons. The minimum Gasteiger partial charge on any atom is -0.497 e.